The molecule has 1 saturated carbocycles. The van der Waals surface area contributed by atoms with Crippen LogP contribution in [0.15, 0.2) is 36.5 Å². The molecule has 6 atom stereocenters. The van der Waals surface area contributed by atoms with Crippen molar-refractivity contribution in [1.82, 2.24) is 0 Å². The van der Waals surface area contributed by atoms with Crippen molar-refractivity contribution in [1.29, 1.82) is 0 Å². The molecule has 0 amide bonds. The number of esters is 1. The number of phosphoric acid groups is 1. The van der Waals surface area contributed by atoms with Crippen molar-refractivity contribution in [2.75, 3.05) is 19.8 Å². The van der Waals surface area contributed by atoms with E-state index in [4.69, 9.17) is 18.5 Å². The fourth-order valence-corrected chi connectivity index (χ4v) is 8.65. The van der Waals surface area contributed by atoms with Crippen molar-refractivity contribution in [2.24, 2.45) is 0 Å². The summed E-state index contributed by atoms with van der Waals surface area (Å²) in [6.45, 7) is 4.23. The van der Waals surface area contributed by atoms with Crippen LogP contribution in [-0.4, -0.2) is 98.9 Å². The summed E-state index contributed by atoms with van der Waals surface area (Å²) in [5, 5.41) is 50.3. The van der Waals surface area contributed by atoms with Gasteiger partial charge in [-0.1, -0.05) is 172 Å². The Hall–Kier alpha value is -1.44. The van der Waals surface area contributed by atoms with Crippen molar-refractivity contribution in [3.8, 4) is 0 Å². The Labute approximate surface area is 382 Å². The Balaban J connectivity index is 2.36. The third kappa shape index (κ3) is 32.8. The van der Waals surface area contributed by atoms with E-state index in [9.17, 15) is 39.8 Å². The fraction of sp³-hybridized carbons (Fsp3) is 0.860. The van der Waals surface area contributed by atoms with Crippen LogP contribution in [-0.2, 0) is 27.9 Å². The Kier molecular flexibility index (Phi) is 38.6. The number of phosphoric ester groups is 1. The molecule has 12 nitrogen and oxygen atoms in total. The molecule has 63 heavy (non-hydrogen) atoms. The third-order valence-corrected chi connectivity index (χ3v) is 12.7. The second kappa shape index (κ2) is 40.8. The molecule has 370 valence electrons. The van der Waals surface area contributed by atoms with E-state index in [2.05, 4.69) is 50.3 Å². The first kappa shape index (κ1) is 59.6. The van der Waals surface area contributed by atoms with Gasteiger partial charge in [-0.25, -0.2) is 4.57 Å². The number of hydrogen-bond acceptors (Lipinski definition) is 11. The molecule has 6 unspecified atom stereocenters. The maximum Gasteiger partial charge on any atom is 0.472 e. The number of rotatable bonds is 43. The van der Waals surface area contributed by atoms with E-state index in [0.29, 0.717) is 13.0 Å². The lowest BCUT2D eigenvalue weighted by atomic mass is 9.85. The smallest absolute Gasteiger partial charge is 0.457 e. The summed E-state index contributed by atoms with van der Waals surface area (Å²) in [6, 6.07) is 0. The van der Waals surface area contributed by atoms with Crippen LogP contribution in [0.25, 0.3) is 0 Å². The normalized spacial score (nSPS) is 22.1. The number of carbonyl (C=O) groups excluding carboxylic acids is 1. The molecule has 0 radical (unpaired) electrons. The zero-order valence-electron chi connectivity index (χ0n) is 39.6. The van der Waals surface area contributed by atoms with E-state index >= 15 is 0 Å². The topological polar surface area (TPSA) is 192 Å². The lowest BCUT2D eigenvalue weighted by molar-refractivity contribution is -0.220. The average molecular weight is 917 g/mol. The van der Waals surface area contributed by atoms with Crippen molar-refractivity contribution in [3.63, 3.8) is 0 Å². The molecule has 0 saturated heterocycles. The van der Waals surface area contributed by atoms with Gasteiger partial charge in [-0.15, -0.1) is 0 Å². The number of hydrogen-bond donors (Lipinski definition) is 6. The van der Waals surface area contributed by atoms with Crippen LogP contribution in [0.4, 0.5) is 0 Å². The fourth-order valence-electron chi connectivity index (χ4n) is 7.68. The molecule has 0 aromatic rings. The van der Waals surface area contributed by atoms with Crippen molar-refractivity contribution in [2.45, 2.75) is 256 Å². The van der Waals surface area contributed by atoms with Crippen LogP contribution < -0.4 is 0 Å². The zero-order chi connectivity index (χ0) is 46.2. The van der Waals surface area contributed by atoms with Gasteiger partial charge in [0.2, 0.25) is 0 Å². The SMILES string of the molecule is CCCCCC/C=C\C/C=C\CCCCCCCCOCC(COP(=O)(O)OC1C(O)C(O)C(O)C(O)C1O)OC(=O)CCCCCCCCCCC/C=C\CCCCCCCC. The van der Waals surface area contributed by atoms with Gasteiger partial charge in [-0.3, -0.25) is 13.8 Å². The predicted molar refractivity (Wildman–Crippen MR) is 253 cm³/mol. The molecule has 0 bridgehead atoms. The maximum absolute atomic E-state index is 12.8. The number of carbonyl (C=O) groups is 1. The predicted octanol–water partition coefficient (Wildman–Crippen LogP) is 11.0. The van der Waals surface area contributed by atoms with E-state index in [1.807, 2.05) is 0 Å². The molecule has 0 aromatic carbocycles. The summed E-state index contributed by atoms with van der Waals surface area (Å²) < 4.78 is 34.3. The van der Waals surface area contributed by atoms with E-state index in [0.717, 1.165) is 57.8 Å². The number of ether oxygens (including phenoxy) is 2. The Morgan fingerprint density at radius 2 is 0.889 bits per heavy atom. The highest BCUT2D eigenvalue weighted by Crippen LogP contribution is 2.47. The Morgan fingerprint density at radius 3 is 1.37 bits per heavy atom. The summed E-state index contributed by atoms with van der Waals surface area (Å²) in [5.41, 5.74) is 0. The van der Waals surface area contributed by atoms with Crippen molar-refractivity contribution >= 4 is 13.8 Å². The number of allylic oxidation sites excluding steroid dienone is 6. The molecule has 0 aliphatic heterocycles. The van der Waals surface area contributed by atoms with Crippen LogP contribution in [0.5, 0.6) is 0 Å². The van der Waals surface area contributed by atoms with Crippen LogP contribution in [0.3, 0.4) is 0 Å². The summed E-state index contributed by atoms with van der Waals surface area (Å²) in [5.74, 6) is -0.482. The number of unbranched alkanes of at least 4 members (excludes halogenated alkanes) is 25. The molecule has 1 rings (SSSR count). The van der Waals surface area contributed by atoms with E-state index in [1.165, 1.54) is 128 Å². The minimum atomic E-state index is -5.02. The van der Waals surface area contributed by atoms with Gasteiger partial charge >= 0.3 is 13.8 Å². The van der Waals surface area contributed by atoms with Gasteiger partial charge in [-0.05, 0) is 70.6 Å². The van der Waals surface area contributed by atoms with Gasteiger partial charge in [0.1, 0.15) is 42.7 Å². The zero-order valence-corrected chi connectivity index (χ0v) is 40.5. The summed E-state index contributed by atoms with van der Waals surface area (Å²) in [7, 11) is -5.02. The molecule has 1 fully saturated rings. The van der Waals surface area contributed by atoms with Gasteiger partial charge in [0.15, 0.2) is 0 Å². The molecule has 6 N–H and O–H groups in total. The molecule has 0 heterocycles. The van der Waals surface area contributed by atoms with Crippen LogP contribution in [0.2, 0.25) is 0 Å². The second-order valence-electron chi connectivity index (χ2n) is 17.7. The summed E-state index contributed by atoms with van der Waals surface area (Å²) in [4.78, 5) is 23.2. The largest absolute Gasteiger partial charge is 0.472 e. The number of aliphatic hydroxyl groups is 5. The first-order chi connectivity index (χ1) is 30.5. The van der Waals surface area contributed by atoms with Crippen LogP contribution in [0.1, 0.15) is 213 Å². The average Bonchev–Trinajstić information content (AvgIpc) is 3.27. The highest BCUT2D eigenvalue weighted by molar-refractivity contribution is 7.47. The quantitative estimate of drug-likeness (QED) is 0.0147. The monoisotopic (exact) mass is 917 g/mol. The van der Waals surface area contributed by atoms with E-state index in [-0.39, 0.29) is 13.0 Å². The van der Waals surface area contributed by atoms with Crippen LogP contribution >= 0.6 is 7.82 Å². The lowest BCUT2D eigenvalue weighted by Gasteiger charge is -2.41. The molecular formula is C50H93O12P. The van der Waals surface area contributed by atoms with Crippen molar-refractivity contribution in [3.05, 3.63) is 36.5 Å². The standard InChI is InChI=1S/C50H93O12P/c1-3-5-7-9-11-13-15-17-19-21-22-23-25-27-29-31-33-35-37-39-44(51)61-43(42-60-63(57,58)62-50-48(55)46(53)45(52)47(54)49(50)56)41-59-40-38-36-34-32-30-28-26-24-20-18-16-14-12-10-8-6-4-2/h14,16-17,19-20,24,43,45-50,52-56H,3-13,15,18,21-23,25-42H2,1-2H3,(H,57,58)/b16-14-,19-17-,24-20-. The second-order valence-corrected chi connectivity index (χ2v) is 19.1. The van der Waals surface area contributed by atoms with Crippen LogP contribution in [0, 0.1) is 0 Å². The maximum atomic E-state index is 12.8. The molecular weight excluding hydrogens is 824 g/mol. The van der Waals surface area contributed by atoms with E-state index < -0.39 is 63.1 Å². The highest BCUT2D eigenvalue weighted by Gasteiger charge is 2.51. The third-order valence-electron chi connectivity index (χ3n) is 11.7. The molecule has 1 aliphatic rings. The summed E-state index contributed by atoms with van der Waals surface area (Å²) >= 11 is 0. The van der Waals surface area contributed by atoms with Gasteiger partial charge in [-0.2, -0.15) is 0 Å². The Morgan fingerprint density at radius 1 is 0.508 bits per heavy atom. The van der Waals surface area contributed by atoms with Gasteiger partial charge in [0, 0.05) is 13.0 Å². The Bertz CT molecular complexity index is 1180. The molecule has 0 aromatic heterocycles. The van der Waals surface area contributed by atoms with Gasteiger partial charge in [0.25, 0.3) is 0 Å². The highest BCUT2D eigenvalue weighted by atomic mass is 31.2. The van der Waals surface area contributed by atoms with E-state index in [1.54, 1.807) is 0 Å². The molecule has 0 spiro atoms. The minimum absolute atomic E-state index is 0.0834. The van der Waals surface area contributed by atoms with Crippen molar-refractivity contribution < 1.29 is 58.3 Å². The lowest BCUT2D eigenvalue weighted by Crippen LogP contribution is -2.64. The number of aliphatic hydroxyl groups excluding tert-OH is 5. The van der Waals surface area contributed by atoms with Gasteiger partial charge in [0.05, 0.1) is 13.2 Å². The molecule has 1 aliphatic carbocycles. The molecule has 13 heteroatoms. The summed E-state index contributed by atoms with van der Waals surface area (Å²) in [6.07, 6.45) is 36.3. The first-order valence-corrected chi connectivity index (χ1v) is 26.8. The first-order valence-electron chi connectivity index (χ1n) is 25.3. The van der Waals surface area contributed by atoms with Gasteiger partial charge < -0.3 is 39.9 Å². The minimum Gasteiger partial charge on any atom is -0.457 e.